The molecule has 3 aromatic carbocycles. The van der Waals surface area contributed by atoms with E-state index in [-0.39, 0.29) is 127 Å². The van der Waals surface area contributed by atoms with E-state index in [4.69, 9.17) is 44.8 Å². The Kier molecular flexibility index (Phi) is 35.9. The van der Waals surface area contributed by atoms with E-state index < -0.39 is 95.2 Å². The third-order valence-corrected chi connectivity index (χ3v) is 17.3. The Balaban J connectivity index is 1.27. The maximum atomic E-state index is 14.0. The van der Waals surface area contributed by atoms with Crippen molar-refractivity contribution in [1.82, 2.24) is 20.9 Å². The standard InChI is InChI=1S/C73H103ClN4O19/c1-46(2)39-63-71(89)96-62(13-12-14-64(81)77-60(41-55-16-15-48(5)59(74)40-55)70(88)75-45-73(9,10)72(90)97-63)50(7)68(86)49(6)56-24-21-52(22-25-56)23-26-67(85)95-44-54-19-17-53(18-20-54)42-61(80)51(8)76-69(87)58(47(3)4)43-57(79)27-30-78(31-28-66(83)84)65(82)29-32-92-35-36-94-38-37-93-34-33-91-11/h12,14-22,24-25,40,46-47,49-51,58,60,62-63,68,86H,13,23,26-39,41-45H2,1-11H3,(H,75,88)(H,76,87)(H,77,81)(H,83,84)/b14-12+/t49-,50+,51+,58+,60-,62+,63+,68+/m1/s1. The van der Waals surface area contributed by atoms with Crippen LogP contribution in [0.25, 0.3) is 0 Å². The number of carboxylic acid groups (broad SMARTS) is 1. The molecule has 0 radical (unpaired) electrons. The quantitative estimate of drug-likeness (QED) is 0.0207. The van der Waals surface area contributed by atoms with E-state index >= 15 is 0 Å². The Bertz CT molecular complexity index is 3080. The molecule has 97 heavy (non-hydrogen) atoms. The maximum Gasteiger partial charge on any atom is 0.347 e. The van der Waals surface area contributed by atoms with Crippen molar-refractivity contribution in [2.75, 3.05) is 73.0 Å². The zero-order valence-electron chi connectivity index (χ0n) is 58.3. The average molecular weight is 1380 g/mol. The predicted octanol–water partition coefficient (Wildman–Crippen LogP) is 7.75. The summed E-state index contributed by atoms with van der Waals surface area (Å²) in [7, 11) is 1.58. The van der Waals surface area contributed by atoms with Gasteiger partial charge in [0.15, 0.2) is 11.9 Å². The molecule has 8 atom stereocenters. The van der Waals surface area contributed by atoms with Gasteiger partial charge < -0.3 is 64.2 Å². The van der Waals surface area contributed by atoms with Gasteiger partial charge in [-0.15, -0.1) is 0 Å². The molecule has 4 rings (SSSR count). The third kappa shape index (κ3) is 30.1. The van der Waals surface area contributed by atoms with Crippen LogP contribution in [-0.4, -0.2) is 178 Å². The highest BCUT2D eigenvalue weighted by molar-refractivity contribution is 6.31. The van der Waals surface area contributed by atoms with Crippen LogP contribution in [-0.2, 0) is 107 Å². The fourth-order valence-corrected chi connectivity index (χ4v) is 10.6. The molecule has 0 unspecified atom stereocenters. The van der Waals surface area contributed by atoms with Crippen molar-refractivity contribution in [1.29, 1.82) is 0 Å². The van der Waals surface area contributed by atoms with Crippen LogP contribution in [0.5, 0.6) is 0 Å². The molecule has 1 heterocycles. The molecule has 0 aliphatic carbocycles. The van der Waals surface area contributed by atoms with Crippen LogP contribution in [0.4, 0.5) is 0 Å². The normalized spacial score (nSPS) is 18.1. The number of carbonyl (C=O) groups is 10. The molecule has 0 bridgehead atoms. The van der Waals surface area contributed by atoms with Crippen molar-refractivity contribution in [3.8, 4) is 0 Å². The number of aliphatic hydroxyl groups excluding tert-OH is 1. The van der Waals surface area contributed by atoms with E-state index in [0.717, 1.165) is 16.7 Å². The molecular formula is C73H103ClN4O19. The lowest BCUT2D eigenvalue weighted by molar-refractivity contribution is -0.180. The summed E-state index contributed by atoms with van der Waals surface area (Å²) in [6.45, 7) is 19.5. The van der Waals surface area contributed by atoms with Crippen molar-refractivity contribution in [2.45, 2.75) is 176 Å². The van der Waals surface area contributed by atoms with Gasteiger partial charge in [-0.05, 0) is 97.9 Å². The van der Waals surface area contributed by atoms with Crippen molar-refractivity contribution < 1.29 is 91.3 Å². The fourth-order valence-electron chi connectivity index (χ4n) is 10.4. The van der Waals surface area contributed by atoms with Crippen LogP contribution in [0.3, 0.4) is 0 Å². The van der Waals surface area contributed by atoms with Crippen LogP contribution >= 0.6 is 11.6 Å². The number of nitrogens with zero attached hydrogens (tertiary/aromatic N) is 1. The first kappa shape index (κ1) is 82.0. The van der Waals surface area contributed by atoms with Gasteiger partial charge >= 0.3 is 23.9 Å². The van der Waals surface area contributed by atoms with E-state index in [9.17, 15) is 58.2 Å². The van der Waals surface area contributed by atoms with Crippen molar-refractivity contribution in [2.24, 2.45) is 29.1 Å². The van der Waals surface area contributed by atoms with E-state index in [1.165, 1.54) is 17.1 Å². The SMILES string of the molecule is COCCOCCOCCOCCC(=O)N(CCC(=O)O)CCC(=O)C[C@H](C(=O)N[C@@H](C)C(=O)Cc1ccc(COC(=O)CCc2ccc([C@@H](C)[C@H](O)[C@@H](C)[C@@H]3C/C=C/C(=O)N[C@H](Cc4ccc(C)c(Cl)c4)C(=O)NCC(C)(C)C(=O)O[C@@H](CC(C)C)C(=O)O3)cc2)cc1)C(C)C. The summed E-state index contributed by atoms with van der Waals surface area (Å²) in [5.74, 6) is -7.95. The molecule has 0 saturated carbocycles. The van der Waals surface area contributed by atoms with Crippen LogP contribution in [0.1, 0.15) is 147 Å². The van der Waals surface area contributed by atoms with Crippen molar-refractivity contribution >= 4 is 70.7 Å². The molecule has 0 saturated heterocycles. The average Bonchev–Trinajstić information content (AvgIpc) is 0.888. The Labute approximate surface area is 576 Å². The number of ether oxygens (including phenoxy) is 7. The molecule has 0 fully saturated rings. The molecule has 4 amide bonds. The highest BCUT2D eigenvalue weighted by Gasteiger charge is 2.39. The van der Waals surface area contributed by atoms with E-state index in [1.807, 2.05) is 64.1 Å². The van der Waals surface area contributed by atoms with Crippen molar-refractivity contribution in [3.63, 3.8) is 0 Å². The Morgan fingerprint density at radius 3 is 1.99 bits per heavy atom. The molecule has 0 spiro atoms. The van der Waals surface area contributed by atoms with Gasteiger partial charge in [0.1, 0.15) is 24.5 Å². The first-order chi connectivity index (χ1) is 46.0. The van der Waals surface area contributed by atoms with Gasteiger partial charge in [0.25, 0.3) is 0 Å². The summed E-state index contributed by atoms with van der Waals surface area (Å²) in [5.41, 5.74) is 3.21. The monoisotopic (exact) mass is 1370 g/mol. The molecule has 1 aliphatic heterocycles. The summed E-state index contributed by atoms with van der Waals surface area (Å²) in [5, 5.41) is 30.0. The van der Waals surface area contributed by atoms with Gasteiger partial charge in [-0.25, -0.2) is 4.79 Å². The van der Waals surface area contributed by atoms with Gasteiger partial charge in [0, 0.05) is 88.0 Å². The minimum absolute atomic E-state index is 0.00306. The number of aliphatic carboxylic acids is 1. The van der Waals surface area contributed by atoms with Crippen LogP contribution in [0.15, 0.2) is 78.9 Å². The maximum absolute atomic E-state index is 14.0. The number of Topliss-reactive ketones (excluding diaryl/α,β-unsaturated/α-hetero) is 2. The highest BCUT2D eigenvalue weighted by atomic mass is 35.5. The summed E-state index contributed by atoms with van der Waals surface area (Å²) in [4.78, 5) is 134. The van der Waals surface area contributed by atoms with E-state index in [1.54, 1.807) is 79.0 Å². The number of halogens is 1. The zero-order valence-corrected chi connectivity index (χ0v) is 59.0. The van der Waals surface area contributed by atoms with Crippen molar-refractivity contribution in [3.05, 3.63) is 117 Å². The number of carboxylic acids is 1. The molecule has 5 N–H and O–H groups in total. The third-order valence-electron chi connectivity index (χ3n) is 16.9. The van der Waals surface area contributed by atoms with Gasteiger partial charge in [0.05, 0.1) is 76.7 Å². The largest absolute Gasteiger partial charge is 0.481 e. The number of aryl methyl sites for hydroxylation is 2. The predicted molar refractivity (Wildman–Crippen MR) is 363 cm³/mol. The number of amides is 4. The van der Waals surface area contributed by atoms with Crippen LogP contribution in [0, 0.1) is 36.0 Å². The molecule has 24 heteroatoms. The van der Waals surface area contributed by atoms with Gasteiger partial charge in [-0.3, -0.25) is 43.2 Å². The highest BCUT2D eigenvalue weighted by Crippen LogP contribution is 2.31. The number of cyclic esters (lactones) is 2. The second kappa shape index (κ2) is 42.4. The minimum atomic E-state index is -1.30. The number of carbonyl (C=O) groups excluding carboxylic acids is 9. The fraction of sp³-hybridized carbons (Fsp3) is 0.589. The summed E-state index contributed by atoms with van der Waals surface area (Å²) < 4.78 is 38.7. The molecular weight excluding hydrogens is 1270 g/mol. The number of esters is 3. The number of rotatable bonds is 39. The topological polar surface area (TPSA) is 315 Å². The number of methoxy groups -OCH3 is 1. The van der Waals surface area contributed by atoms with Gasteiger partial charge in [-0.1, -0.05) is 120 Å². The number of aliphatic hydroxyl groups is 1. The lowest BCUT2D eigenvalue weighted by atomic mass is 9.84. The number of benzene rings is 3. The number of ketones is 2. The van der Waals surface area contributed by atoms with Gasteiger partial charge in [-0.2, -0.15) is 0 Å². The molecule has 23 nitrogen and oxygen atoms in total. The summed E-state index contributed by atoms with van der Waals surface area (Å²) >= 11 is 6.40. The molecule has 3 aromatic rings. The number of hydrogen-bond donors (Lipinski definition) is 5. The molecule has 1 aliphatic rings. The summed E-state index contributed by atoms with van der Waals surface area (Å²) in [6, 6.07) is 17.8. The van der Waals surface area contributed by atoms with Crippen LogP contribution < -0.4 is 16.0 Å². The lowest BCUT2D eigenvalue weighted by Crippen LogP contribution is -2.51. The Hall–Kier alpha value is -7.41. The Morgan fingerprint density at radius 1 is 0.763 bits per heavy atom. The molecule has 0 aromatic heterocycles. The van der Waals surface area contributed by atoms with Crippen LogP contribution in [0.2, 0.25) is 5.02 Å². The van der Waals surface area contributed by atoms with E-state index in [0.29, 0.717) is 61.2 Å². The first-order valence-electron chi connectivity index (χ1n) is 33.5. The minimum Gasteiger partial charge on any atom is -0.481 e. The Morgan fingerprint density at radius 2 is 1.37 bits per heavy atom. The lowest BCUT2D eigenvalue weighted by Gasteiger charge is -2.33. The number of hydrogen-bond acceptors (Lipinski definition) is 18. The first-order valence-corrected chi connectivity index (χ1v) is 33.8. The smallest absolute Gasteiger partial charge is 0.347 e. The zero-order chi connectivity index (χ0) is 71.8. The second-order valence-electron chi connectivity index (χ2n) is 26.3. The molecule has 536 valence electrons. The van der Waals surface area contributed by atoms with E-state index in [2.05, 4.69) is 16.0 Å². The second-order valence-corrected chi connectivity index (χ2v) is 26.7. The number of nitrogens with one attached hydrogen (secondary N) is 3. The summed E-state index contributed by atoms with van der Waals surface area (Å²) in [6.07, 6.45) is -0.531. The van der Waals surface area contributed by atoms with Gasteiger partial charge in [0.2, 0.25) is 23.6 Å².